The number of hydrogen-bond donors (Lipinski definition) is 0. The van der Waals surface area contributed by atoms with E-state index in [1.54, 1.807) is 6.07 Å². The minimum absolute atomic E-state index is 0.574. The van der Waals surface area contributed by atoms with Crippen LogP contribution in [0.2, 0.25) is 10.0 Å². The number of unbranched alkanes of at least 4 members (excludes halogenated alkanes) is 1. The first-order valence-corrected chi connectivity index (χ1v) is 11.3. The highest BCUT2D eigenvalue weighted by molar-refractivity contribution is 6.36. The van der Waals surface area contributed by atoms with Crippen molar-refractivity contribution in [2.45, 2.75) is 33.2 Å². The van der Waals surface area contributed by atoms with Gasteiger partial charge in [-0.1, -0.05) is 66.9 Å². The van der Waals surface area contributed by atoms with Gasteiger partial charge >= 0.3 is 0 Å². The molecule has 4 aromatic rings. The average molecular weight is 453 g/mol. The number of halogens is 2. The first-order valence-electron chi connectivity index (χ1n) is 10.6. The maximum Gasteiger partial charge on any atom is 0.120 e. The summed E-state index contributed by atoms with van der Waals surface area (Å²) in [6, 6.07) is 18.2. The van der Waals surface area contributed by atoms with Gasteiger partial charge in [-0.25, -0.2) is 4.98 Å². The number of aryl methyl sites for hydroxylation is 2. The molecule has 2 aromatic carbocycles. The summed E-state index contributed by atoms with van der Waals surface area (Å²) in [6.45, 7) is 6.05. The van der Waals surface area contributed by atoms with E-state index < -0.39 is 0 Å². The molecule has 0 saturated carbocycles. The van der Waals surface area contributed by atoms with Crippen LogP contribution in [0.4, 0.5) is 5.69 Å². The molecule has 0 spiro atoms. The van der Waals surface area contributed by atoms with Crippen LogP contribution in [0.15, 0.2) is 54.6 Å². The second kappa shape index (κ2) is 9.29. The van der Waals surface area contributed by atoms with E-state index in [2.05, 4.69) is 48.2 Å². The maximum absolute atomic E-state index is 6.52. The molecule has 0 N–H and O–H groups in total. The first-order chi connectivity index (χ1) is 15.0. The fourth-order valence-electron chi connectivity index (χ4n) is 3.92. The van der Waals surface area contributed by atoms with Gasteiger partial charge in [0.05, 0.1) is 10.7 Å². The zero-order valence-electron chi connectivity index (χ0n) is 18.1. The number of fused-ring (bicyclic) bond motifs is 1. The quantitative estimate of drug-likeness (QED) is 0.301. The Kier molecular flexibility index (Phi) is 6.49. The standard InChI is InChI=1S/C25H26Cl2N4/c1-4-5-13-31(16-18-9-7-6-8-10-18)22-14-17(2)28-24-23(29-30(3)25(22)24)20-12-11-19(26)15-21(20)27/h6-12,14-15H,4-5,13,16H2,1-3H3. The van der Waals surface area contributed by atoms with Crippen LogP contribution in [0, 0.1) is 6.92 Å². The Morgan fingerprint density at radius 1 is 1.03 bits per heavy atom. The molecule has 0 unspecified atom stereocenters. The van der Waals surface area contributed by atoms with Crippen LogP contribution in [0.5, 0.6) is 0 Å². The molecule has 31 heavy (non-hydrogen) atoms. The highest BCUT2D eigenvalue weighted by atomic mass is 35.5. The Balaban J connectivity index is 1.87. The molecule has 0 aliphatic carbocycles. The molecule has 4 nitrogen and oxygen atoms in total. The summed E-state index contributed by atoms with van der Waals surface area (Å²) in [5.74, 6) is 0. The van der Waals surface area contributed by atoms with Crippen molar-refractivity contribution in [1.82, 2.24) is 14.8 Å². The summed E-state index contributed by atoms with van der Waals surface area (Å²) in [5, 5.41) is 6.00. The monoisotopic (exact) mass is 452 g/mol. The van der Waals surface area contributed by atoms with Gasteiger partial charge in [-0.3, -0.25) is 4.68 Å². The highest BCUT2D eigenvalue weighted by Gasteiger charge is 2.21. The second-order valence-corrected chi connectivity index (χ2v) is 8.68. The second-order valence-electron chi connectivity index (χ2n) is 7.84. The number of benzene rings is 2. The molecule has 0 bridgehead atoms. The minimum Gasteiger partial charge on any atom is -0.365 e. The van der Waals surface area contributed by atoms with Gasteiger partial charge in [0.25, 0.3) is 0 Å². The molecule has 2 heterocycles. The molecule has 6 heteroatoms. The Morgan fingerprint density at radius 3 is 2.52 bits per heavy atom. The molecule has 2 aromatic heterocycles. The number of hydrogen-bond acceptors (Lipinski definition) is 3. The lowest BCUT2D eigenvalue weighted by Crippen LogP contribution is -2.24. The zero-order chi connectivity index (χ0) is 22.0. The van der Waals surface area contributed by atoms with Crippen LogP contribution in [0.25, 0.3) is 22.3 Å². The number of nitrogens with zero attached hydrogens (tertiary/aromatic N) is 4. The Hall–Kier alpha value is -2.56. The van der Waals surface area contributed by atoms with E-state index in [0.29, 0.717) is 10.0 Å². The predicted molar refractivity (Wildman–Crippen MR) is 131 cm³/mol. The van der Waals surface area contributed by atoms with Crippen molar-refractivity contribution in [3.63, 3.8) is 0 Å². The van der Waals surface area contributed by atoms with Gasteiger partial charge in [-0.05, 0) is 43.2 Å². The topological polar surface area (TPSA) is 34.0 Å². The summed E-state index contributed by atoms with van der Waals surface area (Å²) in [6.07, 6.45) is 2.25. The van der Waals surface area contributed by atoms with Crippen molar-refractivity contribution >= 4 is 39.9 Å². The Labute approximate surface area is 193 Å². The maximum atomic E-state index is 6.52. The van der Waals surface area contributed by atoms with Crippen LogP contribution < -0.4 is 4.90 Å². The largest absolute Gasteiger partial charge is 0.365 e. The molecule has 4 rings (SSSR count). The molecule has 0 atom stereocenters. The number of pyridine rings is 1. The number of aromatic nitrogens is 3. The van der Waals surface area contributed by atoms with E-state index in [1.165, 1.54) is 5.56 Å². The van der Waals surface area contributed by atoms with E-state index >= 15 is 0 Å². The van der Waals surface area contributed by atoms with Gasteiger partial charge in [0.1, 0.15) is 16.7 Å². The number of anilines is 1. The lowest BCUT2D eigenvalue weighted by Gasteiger charge is -2.26. The van der Waals surface area contributed by atoms with Gasteiger partial charge in [-0.2, -0.15) is 5.10 Å². The van der Waals surface area contributed by atoms with Gasteiger partial charge in [-0.15, -0.1) is 0 Å². The van der Waals surface area contributed by atoms with Crippen LogP contribution in [-0.2, 0) is 13.6 Å². The van der Waals surface area contributed by atoms with E-state index in [-0.39, 0.29) is 0 Å². The van der Waals surface area contributed by atoms with E-state index in [4.69, 9.17) is 33.3 Å². The van der Waals surface area contributed by atoms with Gasteiger partial charge < -0.3 is 4.90 Å². The molecule has 0 aliphatic rings. The SMILES string of the molecule is CCCCN(Cc1ccccc1)c1cc(C)nc2c(-c3ccc(Cl)cc3Cl)nn(C)c12. The average Bonchev–Trinajstić information content (AvgIpc) is 3.07. The molecule has 0 amide bonds. The summed E-state index contributed by atoms with van der Waals surface area (Å²) in [4.78, 5) is 7.30. The third-order valence-electron chi connectivity index (χ3n) is 5.42. The van der Waals surface area contributed by atoms with Crippen molar-refractivity contribution in [1.29, 1.82) is 0 Å². The van der Waals surface area contributed by atoms with Crippen molar-refractivity contribution in [3.8, 4) is 11.3 Å². The fraction of sp³-hybridized carbons (Fsp3) is 0.280. The smallest absolute Gasteiger partial charge is 0.120 e. The summed E-state index contributed by atoms with van der Waals surface area (Å²) in [7, 11) is 1.97. The van der Waals surface area contributed by atoms with Gasteiger partial charge in [0.15, 0.2) is 0 Å². The summed E-state index contributed by atoms with van der Waals surface area (Å²) < 4.78 is 1.92. The van der Waals surface area contributed by atoms with Gasteiger partial charge in [0.2, 0.25) is 0 Å². The van der Waals surface area contributed by atoms with Crippen LogP contribution >= 0.6 is 23.2 Å². The van der Waals surface area contributed by atoms with Crippen LogP contribution in [0.3, 0.4) is 0 Å². The summed E-state index contributed by atoms with van der Waals surface area (Å²) in [5.41, 5.74) is 6.87. The Bertz CT molecular complexity index is 1200. The van der Waals surface area contributed by atoms with Crippen molar-refractivity contribution in [3.05, 3.63) is 75.9 Å². The third kappa shape index (κ3) is 4.56. The van der Waals surface area contributed by atoms with Crippen molar-refractivity contribution in [2.24, 2.45) is 7.05 Å². The molecule has 0 fully saturated rings. The van der Waals surface area contributed by atoms with Crippen molar-refractivity contribution < 1.29 is 0 Å². The normalized spacial score (nSPS) is 11.3. The summed E-state index contributed by atoms with van der Waals surface area (Å²) >= 11 is 12.6. The lowest BCUT2D eigenvalue weighted by atomic mass is 10.1. The highest BCUT2D eigenvalue weighted by Crippen LogP contribution is 2.37. The molecule has 0 saturated heterocycles. The molecule has 0 aliphatic heterocycles. The third-order valence-corrected chi connectivity index (χ3v) is 5.97. The Morgan fingerprint density at radius 2 is 1.81 bits per heavy atom. The molecule has 160 valence electrons. The predicted octanol–water partition coefficient (Wildman–Crippen LogP) is 7.06. The number of rotatable bonds is 7. The first kappa shape index (κ1) is 21.7. The van der Waals surface area contributed by atoms with Gasteiger partial charge in [0, 0.05) is 36.4 Å². The van der Waals surface area contributed by atoms with Crippen LogP contribution in [0.1, 0.15) is 31.0 Å². The van der Waals surface area contributed by atoms with E-state index in [1.807, 2.05) is 30.8 Å². The van der Waals surface area contributed by atoms with E-state index in [9.17, 15) is 0 Å². The zero-order valence-corrected chi connectivity index (χ0v) is 19.6. The van der Waals surface area contributed by atoms with Crippen LogP contribution in [-0.4, -0.2) is 21.3 Å². The molecule has 0 radical (unpaired) electrons. The van der Waals surface area contributed by atoms with E-state index in [0.717, 1.165) is 59.6 Å². The molecular formula is C25H26Cl2N4. The van der Waals surface area contributed by atoms with Crippen molar-refractivity contribution in [2.75, 3.05) is 11.4 Å². The minimum atomic E-state index is 0.574. The lowest BCUT2D eigenvalue weighted by molar-refractivity contribution is 0.713. The fourth-order valence-corrected chi connectivity index (χ4v) is 4.42. The molecular weight excluding hydrogens is 427 g/mol.